The number of aliphatic hydroxyl groups excluding tert-OH is 1. The molecule has 0 fully saturated rings. The highest BCUT2D eigenvalue weighted by Crippen LogP contribution is 2.25. The van der Waals surface area contributed by atoms with Gasteiger partial charge < -0.3 is 10.0 Å². The first-order valence-electron chi connectivity index (χ1n) is 6.08. The van der Waals surface area contributed by atoms with E-state index >= 15 is 0 Å². The zero-order valence-electron chi connectivity index (χ0n) is 10.7. The summed E-state index contributed by atoms with van der Waals surface area (Å²) in [7, 11) is 1.91. The van der Waals surface area contributed by atoms with Crippen molar-refractivity contribution in [2.24, 2.45) is 0 Å². The van der Waals surface area contributed by atoms with Gasteiger partial charge in [0.2, 0.25) is 5.95 Å². The molecule has 0 radical (unpaired) electrons. The largest absolute Gasteiger partial charge is 0.396 e. The minimum atomic E-state index is 0.0346. The second kappa shape index (κ2) is 6.50. The molecule has 5 heteroatoms. The van der Waals surface area contributed by atoms with Crippen LogP contribution in [0.1, 0.15) is 18.0 Å². The fraction of sp³-hybridized carbons (Fsp3) is 0.286. The van der Waals surface area contributed by atoms with Gasteiger partial charge >= 0.3 is 0 Å². The van der Waals surface area contributed by atoms with Crippen LogP contribution in [0.3, 0.4) is 0 Å². The Bertz CT molecular complexity index is 504. The molecule has 4 nitrogen and oxygen atoms in total. The van der Waals surface area contributed by atoms with Crippen LogP contribution < -0.4 is 4.90 Å². The van der Waals surface area contributed by atoms with Crippen LogP contribution in [-0.2, 0) is 0 Å². The molecule has 1 aromatic heterocycles. The number of aliphatic hydroxyl groups is 1. The average molecular weight is 278 g/mol. The lowest BCUT2D eigenvalue weighted by Gasteiger charge is -2.28. The molecule has 0 aliphatic carbocycles. The SMILES string of the molecule is CN(c1ncc(Cl)cn1)C(CCO)c1ccccc1. The second-order valence-corrected chi connectivity index (χ2v) is 4.69. The van der Waals surface area contributed by atoms with Gasteiger partial charge in [0.25, 0.3) is 0 Å². The number of hydrogen-bond acceptors (Lipinski definition) is 4. The first kappa shape index (κ1) is 13.8. The Balaban J connectivity index is 2.26. The molecule has 1 unspecified atom stereocenters. The van der Waals surface area contributed by atoms with Gasteiger partial charge in [-0.05, 0) is 12.0 Å². The quantitative estimate of drug-likeness (QED) is 0.913. The number of halogens is 1. The van der Waals surface area contributed by atoms with Crippen LogP contribution in [0.15, 0.2) is 42.7 Å². The lowest BCUT2D eigenvalue weighted by molar-refractivity contribution is 0.274. The van der Waals surface area contributed by atoms with E-state index in [-0.39, 0.29) is 12.6 Å². The zero-order valence-corrected chi connectivity index (χ0v) is 11.5. The average Bonchev–Trinajstić information content (AvgIpc) is 2.46. The molecule has 0 amide bonds. The van der Waals surface area contributed by atoms with Crippen molar-refractivity contribution in [1.82, 2.24) is 9.97 Å². The lowest BCUT2D eigenvalue weighted by atomic mass is 10.0. The van der Waals surface area contributed by atoms with Crippen molar-refractivity contribution in [1.29, 1.82) is 0 Å². The Hall–Kier alpha value is -1.65. The van der Waals surface area contributed by atoms with Gasteiger partial charge in [-0.25, -0.2) is 9.97 Å². The van der Waals surface area contributed by atoms with Crippen LogP contribution in [0.2, 0.25) is 5.02 Å². The summed E-state index contributed by atoms with van der Waals surface area (Å²) in [4.78, 5) is 10.4. The summed E-state index contributed by atoms with van der Waals surface area (Å²) in [6.07, 6.45) is 3.76. The monoisotopic (exact) mass is 277 g/mol. The van der Waals surface area contributed by atoms with Gasteiger partial charge in [0.15, 0.2) is 0 Å². The Kier molecular flexibility index (Phi) is 4.71. The van der Waals surface area contributed by atoms with E-state index in [2.05, 4.69) is 9.97 Å². The maximum atomic E-state index is 9.25. The normalized spacial score (nSPS) is 12.2. The highest BCUT2D eigenvalue weighted by atomic mass is 35.5. The number of aromatic nitrogens is 2. The number of benzene rings is 1. The molecule has 0 bridgehead atoms. The molecule has 0 saturated carbocycles. The Morgan fingerprint density at radius 2 is 1.84 bits per heavy atom. The van der Waals surface area contributed by atoms with Gasteiger partial charge in [-0.2, -0.15) is 0 Å². The minimum absolute atomic E-state index is 0.0346. The van der Waals surface area contributed by atoms with Crippen molar-refractivity contribution in [2.75, 3.05) is 18.6 Å². The lowest BCUT2D eigenvalue weighted by Crippen LogP contribution is -2.26. The molecular weight excluding hydrogens is 262 g/mol. The Morgan fingerprint density at radius 1 is 1.21 bits per heavy atom. The van der Waals surface area contributed by atoms with Crippen molar-refractivity contribution < 1.29 is 5.11 Å². The molecule has 1 atom stereocenters. The third kappa shape index (κ3) is 3.43. The van der Waals surface area contributed by atoms with E-state index in [1.807, 2.05) is 42.3 Å². The van der Waals surface area contributed by atoms with E-state index in [1.54, 1.807) is 12.4 Å². The molecule has 2 aromatic rings. The first-order valence-corrected chi connectivity index (χ1v) is 6.46. The van der Waals surface area contributed by atoms with Gasteiger partial charge in [0.05, 0.1) is 23.5 Å². The van der Waals surface area contributed by atoms with Gasteiger partial charge in [0.1, 0.15) is 0 Å². The second-order valence-electron chi connectivity index (χ2n) is 4.25. The van der Waals surface area contributed by atoms with Crippen LogP contribution in [-0.4, -0.2) is 28.7 Å². The van der Waals surface area contributed by atoms with E-state index in [9.17, 15) is 5.11 Å². The fourth-order valence-corrected chi connectivity index (χ4v) is 2.11. The van der Waals surface area contributed by atoms with E-state index in [0.717, 1.165) is 5.56 Å². The van der Waals surface area contributed by atoms with Crippen LogP contribution in [0.4, 0.5) is 5.95 Å². The summed E-state index contributed by atoms with van der Waals surface area (Å²) in [5.74, 6) is 0.590. The molecule has 1 N–H and O–H groups in total. The number of anilines is 1. The Morgan fingerprint density at radius 3 is 2.42 bits per heavy atom. The summed E-state index contributed by atoms with van der Waals surface area (Å²) < 4.78 is 0. The number of rotatable bonds is 5. The molecule has 0 aliphatic rings. The molecule has 0 aliphatic heterocycles. The molecular formula is C14H16ClN3O. The first-order chi connectivity index (χ1) is 9.22. The Labute approximate surface area is 117 Å². The maximum absolute atomic E-state index is 9.25. The summed E-state index contributed by atoms with van der Waals surface area (Å²) in [5.41, 5.74) is 1.12. The predicted molar refractivity (Wildman–Crippen MR) is 76.3 cm³/mol. The maximum Gasteiger partial charge on any atom is 0.225 e. The van der Waals surface area contributed by atoms with E-state index in [1.165, 1.54) is 0 Å². The summed E-state index contributed by atoms with van der Waals surface area (Å²) in [6, 6.07) is 10.0. The van der Waals surface area contributed by atoms with Gasteiger partial charge in [-0.1, -0.05) is 41.9 Å². The minimum Gasteiger partial charge on any atom is -0.396 e. The zero-order chi connectivity index (χ0) is 13.7. The van der Waals surface area contributed by atoms with Crippen LogP contribution in [0.5, 0.6) is 0 Å². The van der Waals surface area contributed by atoms with Crippen molar-refractivity contribution in [3.8, 4) is 0 Å². The molecule has 0 spiro atoms. The van der Waals surface area contributed by atoms with E-state index in [4.69, 9.17) is 11.6 Å². The summed E-state index contributed by atoms with van der Waals surface area (Å²) in [5, 5.41) is 9.76. The smallest absolute Gasteiger partial charge is 0.225 e. The van der Waals surface area contributed by atoms with Crippen molar-refractivity contribution in [2.45, 2.75) is 12.5 Å². The van der Waals surface area contributed by atoms with Crippen LogP contribution in [0.25, 0.3) is 0 Å². The number of hydrogen-bond donors (Lipinski definition) is 1. The van der Waals surface area contributed by atoms with Crippen LogP contribution in [0, 0.1) is 0 Å². The van der Waals surface area contributed by atoms with E-state index < -0.39 is 0 Å². The predicted octanol–water partition coefficient (Wildman–Crippen LogP) is 2.69. The third-order valence-corrected chi connectivity index (χ3v) is 3.17. The molecule has 2 rings (SSSR count). The third-order valence-electron chi connectivity index (χ3n) is 2.98. The topological polar surface area (TPSA) is 49.2 Å². The van der Waals surface area contributed by atoms with Crippen molar-refractivity contribution in [3.63, 3.8) is 0 Å². The highest BCUT2D eigenvalue weighted by Gasteiger charge is 2.18. The van der Waals surface area contributed by atoms with Crippen molar-refractivity contribution >= 4 is 17.5 Å². The van der Waals surface area contributed by atoms with Gasteiger partial charge in [-0.3, -0.25) is 0 Å². The fourth-order valence-electron chi connectivity index (χ4n) is 2.01. The summed E-state index contributed by atoms with van der Waals surface area (Å²) >= 11 is 5.79. The highest BCUT2D eigenvalue weighted by molar-refractivity contribution is 6.30. The van der Waals surface area contributed by atoms with Gasteiger partial charge in [0, 0.05) is 13.7 Å². The molecule has 1 heterocycles. The molecule has 0 saturated heterocycles. The number of nitrogens with zero attached hydrogens (tertiary/aromatic N) is 3. The van der Waals surface area contributed by atoms with E-state index in [0.29, 0.717) is 17.4 Å². The molecule has 19 heavy (non-hydrogen) atoms. The van der Waals surface area contributed by atoms with Crippen LogP contribution >= 0.6 is 11.6 Å². The molecule has 100 valence electrons. The van der Waals surface area contributed by atoms with Gasteiger partial charge in [-0.15, -0.1) is 0 Å². The standard InChI is InChI=1S/C14H16ClN3O/c1-18(14-16-9-12(15)10-17-14)13(7-8-19)11-5-3-2-4-6-11/h2-6,9-10,13,19H,7-8H2,1H3. The molecule has 1 aromatic carbocycles. The summed E-state index contributed by atoms with van der Waals surface area (Å²) in [6.45, 7) is 0.109. The van der Waals surface area contributed by atoms with Crippen molar-refractivity contribution in [3.05, 3.63) is 53.3 Å².